The number of nitrogens with zero attached hydrogens (tertiary/aromatic N) is 1. The molecule has 5 nitrogen and oxygen atoms in total. The van der Waals surface area contributed by atoms with Gasteiger partial charge < -0.3 is 9.73 Å². The SMILES string of the molecule is CCS(=O)(=O)c1ccc(-c2coc(NC)n2)cc1. The Bertz CT molecular complexity index is 630. The molecular formula is C12H14N2O3S. The van der Waals surface area contributed by atoms with Gasteiger partial charge in [-0.2, -0.15) is 4.98 Å². The van der Waals surface area contributed by atoms with E-state index in [9.17, 15) is 8.42 Å². The highest BCUT2D eigenvalue weighted by Crippen LogP contribution is 2.22. The average Bonchev–Trinajstić information content (AvgIpc) is 2.87. The van der Waals surface area contributed by atoms with Crippen LogP contribution in [0.4, 0.5) is 6.01 Å². The van der Waals surface area contributed by atoms with Crippen molar-refractivity contribution in [3.63, 3.8) is 0 Å². The van der Waals surface area contributed by atoms with Gasteiger partial charge in [0.1, 0.15) is 12.0 Å². The van der Waals surface area contributed by atoms with Crippen molar-refractivity contribution in [2.45, 2.75) is 11.8 Å². The predicted octanol–water partition coefficient (Wildman–Crippen LogP) is 2.18. The van der Waals surface area contributed by atoms with Crippen LogP contribution >= 0.6 is 0 Å². The van der Waals surface area contributed by atoms with E-state index in [4.69, 9.17) is 4.42 Å². The zero-order valence-electron chi connectivity index (χ0n) is 10.2. The zero-order chi connectivity index (χ0) is 13.2. The van der Waals surface area contributed by atoms with Crippen LogP contribution in [0, 0.1) is 0 Å². The molecule has 0 saturated heterocycles. The van der Waals surface area contributed by atoms with Crippen molar-refractivity contribution in [3.8, 4) is 11.3 Å². The molecule has 0 aliphatic heterocycles. The van der Waals surface area contributed by atoms with Crippen LogP contribution in [0.2, 0.25) is 0 Å². The Kier molecular flexibility index (Phi) is 3.38. The molecule has 0 aliphatic rings. The van der Waals surface area contributed by atoms with E-state index in [0.717, 1.165) is 5.56 Å². The molecule has 2 aromatic rings. The first-order valence-corrected chi connectivity index (χ1v) is 7.18. The third kappa shape index (κ3) is 2.38. The summed E-state index contributed by atoms with van der Waals surface area (Å²) in [4.78, 5) is 4.51. The van der Waals surface area contributed by atoms with Gasteiger partial charge in [-0.1, -0.05) is 19.1 Å². The van der Waals surface area contributed by atoms with Crippen LogP contribution in [-0.2, 0) is 9.84 Å². The zero-order valence-corrected chi connectivity index (χ0v) is 11.0. The van der Waals surface area contributed by atoms with Gasteiger partial charge in [0, 0.05) is 12.6 Å². The van der Waals surface area contributed by atoms with Crippen molar-refractivity contribution >= 4 is 15.9 Å². The van der Waals surface area contributed by atoms with E-state index in [0.29, 0.717) is 16.6 Å². The number of aromatic nitrogens is 1. The first-order valence-electron chi connectivity index (χ1n) is 5.53. The van der Waals surface area contributed by atoms with Gasteiger partial charge >= 0.3 is 0 Å². The van der Waals surface area contributed by atoms with Crippen LogP contribution in [0.3, 0.4) is 0 Å². The number of sulfone groups is 1. The number of nitrogens with one attached hydrogen (secondary N) is 1. The number of hydrogen-bond donors (Lipinski definition) is 1. The minimum absolute atomic E-state index is 0.0974. The summed E-state index contributed by atoms with van der Waals surface area (Å²) in [5, 5.41) is 2.79. The average molecular weight is 266 g/mol. The fraction of sp³-hybridized carbons (Fsp3) is 0.250. The second-order valence-corrected chi connectivity index (χ2v) is 5.99. The highest BCUT2D eigenvalue weighted by molar-refractivity contribution is 7.91. The molecule has 2 rings (SSSR count). The van der Waals surface area contributed by atoms with Crippen molar-refractivity contribution in [3.05, 3.63) is 30.5 Å². The molecule has 0 spiro atoms. The molecule has 0 saturated carbocycles. The molecule has 1 aromatic carbocycles. The van der Waals surface area contributed by atoms with Gasteiger partial charge in [-0.05, 0) is 12.1 Å². The van der Waals surface area contributed by atoms with E-state index in [1.807, 2.05) is 0 Å². The largest absolute Gasteiger partial charge is 0.432 e. The van der Waals surface area contributed by atoms with Gasteiger partial charge in [0.2, 0.25) is 0 Å². The molecule has 0 fully saturated rings. The minimum Gasteiger partial charge on any atom is -0.432 e. The lowest BCUT2D eigenvalue weighted by Gasteiger charge is -2.01. The van der Waals surface area contributed by atoms with Gasteiger partial charge in [0.15, 0.2) is 9.84 Å². The first kappa shape index (κ1) is 12.6. The second kappa shape index (κ2) is 4.81. The minimum atomic E-state index is -3.15. The van der Waals surface area contributed by atoms with Gasteiger partial charge in [-0.25, -0.2) is 8.42 Å². The number of anilines is 1. The maximum absolute atomic E-state index is 11.7. The summed E-state index contributed by atoms with van der Waals surface area (Å²) in [6.07, 6.45) is 1.52. The van der Waals surface area contributed by atoms with Crippen molar-refractivity contribution in [2.75, 3.05) is 18.1 Å². The molecule has 1 aromatic heterocycles. The van der Waals surface area contributed by atoms with Crippen LogP contribution < -0.4 is 5.32 Å². The summed E-state index contributed by atoms with van der Waals surface area (Å²) in [5.74, 6) is 0.0974. The monoisotopic (exact) mass is 266 g/mol. The number of oxazole rings is 1. The maximum atomic E-state index is 11.7. The van der Waals surface area contributed by atoms with Gasteiger partial charge in [0.25, 0.3) is 6.01 Å². The fourth-order valence-electron chi connectivity index (χ4n) is 1.52. The fourth-order valence-corrected chi connectivity index (χ4v) is 2.40. The number of rotatable bonds is 4. The molecule has 0 amide bonds. The van der Waals surface area contributed by atoms with Crippen LogP contribution in [0.1, 0.15) is 6.92 Å². The molecule has 0 radical (unpaired) electrons. The van der Waals surface area contributed by atoms with Crippen LogP contribution in [0.5, 0.6) is 0 Å². The summed E-state index contributed by atoms with van der Waals surface area (Å²) in [6, 6.07) is 7.04. The molecule has 0 unspecified atom stereocenters. The smallest absolute Gasteiger partial charge is 0.294 e. The van der Waals surface area contributed by atoms with Crippen molar-refractivity contribution in [1.29, 1.82) is 0 Å². The Hall–Kier alpha value is -1.82. The topological polar surface area (TPSA) is 72.2 Å². The van der Waals surface area contributed by atoms with E-state index in [1.54, 1.807) is 38.2 Å². The Morgan fingerprint density at radius 2 is 1.94 bits per heavy atom. The Morgan fingerprint density at radius 3 is 2.44 bits per heavy atom. The third-order valence-electron chi connectivity index (χ3n) is 2.61. The van der Waals surface area contributed by atoms with Crippen LogP contribution in [-0.4, -0.2) is 26.2 Å². The van der Waals surface area contributed by atoms with Gasteiger partial charge in [-0.15, -0.1) is 0 Å². The number of benzene rings is 1. The van der Waals surface area contributed by atoms with E-state index < -0.39 is 9.84 Å². The Labute approximate surface area is 106 Å². The molecule has 0 atom stereocenters. The second-order valence-electron chi connectivity index (χ2n) is 3.72. The lowest BCUT2D eigenvalue weighted by molar-refractivity contribution is 0.576. The highest BCUT2D eigenvalue weighted by atomic mass is 32.2. The van der Waals surface area contributed by atoms with Crippen molar-refractivity contribution in [2.24, 2.45) is 0 Å². The normalized spacial score (nSPS) is 11.4. The number of hydrogen-bond acceptors (Lipinski definition) is 5. The Morgan fingerprint density at radius 1 is 1.28 bits per heavy atom. The third-order valence-corrected chi connectivity index (χ3v) is 4.36. The first-order chi connectivity index (χ1) is 8.56. The molecule has 96 valence electrons. The molecular weight excluding hydrogens is 252 g/mol. The molecule has 6 heteroatoms. The van der Waals surface area contributed by atoms with E-state index in [-0.39, 0.29) is 5.75 Å². The molecule has 18 heavy (non-hydrogen) atoms. The van der Waals surface area contributed by atoms with Crippen LogP contribution in [0.15, 0.2) is 39.8 Å². The molecule has 0 aliphatic carbocycles. The van der Waals surface area contributed by atoms with Crippen molar-refractivity contribution in [1.82, 2.24) is 4.98 Å². The van der Waals surface area contributed by atoms with E-state index in [2.05, 4.69) is 10.3 Å². The van der Waals surface area contributed by atoms with Crippen LogP contribution in [0.25, 0.3) is 11.3 Å². The van der Waals surface area contributed by atoms with Crippen molar-refractivity contribution < 1.29 is 12.8 Å². The van der Waals surface area contributed by atoms with E-state index >= 15 is 0 Å². The molecule has 1 N–H and O–H groups in total. The molecule has 1 heterocycles. The lowest BCUT2D eigenvalue weighted by atomic mass is 10.2. The quantitative estimate of drug-likeness (QED) is 0.918. The Balaban J connectivity index is 2.33. The highest BCUT2D eigenvalue weighted by Gasteiger charge is 2.12. The summed E-state index contributed by atoms with van der Waals surface area (Å²) in [5.41, 5.74) is 1.48. The summed E-state index contributed by atoms with van der Waals surface area (Å²) >= 11 is 0. The summed E-state index contributed by atoms with van der Waals surface area (Å²) in [6.45, 7) is 1.63. The molecule has 0 bridgehead atoms. The summed E-state index contributed by atoms with van der Waals surface area (Å²) in [7, 11) is -1.44. The van der Waals surface area contributed by atoms with Gasteiger partial charge in [0.05, 0.1) is 10.6 Å². The van der Waals surface area contributed by atoms with Gasteiger partial charge in [-0.3, -0.25) is 0 Å². The van der Waals surface area contributed by atoms with E-state index in [1.165, 1.54) is 6.26 Å². The lowest BCUT2D eigenvalue weighted by Crippen LogP contribution is -2.03. The predicted molar refractivity (Wildman–Crippen MR) is 69.2 cm³/mol. The standard InChI is InChI=1S/C12H14N2O3S/c1-3-18(15,16)10-6-4-9(5-7-10)11-8-17-12(13-2)14-11/h4-8H,3H2,1-2H3,(H,13,14). The maximum Gasteiger partial charge on any atom is 0.294 e. The summed E-state index contributed by atoms with van der Waals surface area (Å²) < 4.78 is 28.5.